The highest BCUT2D eigenvalue weighted by Crippen LogP contribution is 2.28. The van der Waals surface area contributed by atoms with Crippen molar-refractivity contribution in [2.75, 3.05) is 19.8 Å². The number of nitrogens with one attached hydrogen (secondary N) is 1. The van der Waals surface area contributed by atoms with Gasteiger partial charge in [0.15, 0.2) is 0 Å². The van der Waals surface area contributed by atoms with Crippen molar-refractivity contribution in [1.29, 1.82) is 0 Å². The highest BCUT2D eigenvalue weighted by molar-refractivity contribution is 5.80. The Kier molecular flexibility index (Phi) is 2.83. The van der Waals surface area contributed by atoms with Gasteiger partial charge < -0.3 is 10.1 Å². The maximum Gasteiger partial charge on any atom is 0.223 e. The van der Waals surface area contributed by atoms with Crippen LogP contribution in [-0.4, -0.2) is 25.7 Å². The van der Waals surface area contributed by atoms with E-state index in [0.717, 1.165) is 39.0 Å². The molecule has 1 amide bonds. The van der Waals surface area contributed by atoms with E-state index in [1.807, 2.05) is 0 Å². The van der Waals surface area contributed by atoms with Crippen molar-refractivity contribution in [2.24, 2.45) is 11.8 Å². The minimum atomic E-state index is 0.263. The molecule has 13 heavy (non-hydrogen) atoms. The Morgan fingerprint density at radius 2 is 2.23 bits per heavy atom. The molecule has 3 heteroatoms. The van der Waals surface area contributed by atoms with Crippen molar-refractivity contribution in [3.63, 3.8) is 0 Å². The first-order valence-electron chi connectivity index (χ1n) is 5.21. The molecule has 0 spiro atoms. The zero-order valence-corrected chi connectivity index (χ0v) is 7.92. The van der Waals surface area contributed by atoms with E-state index < -0.39 is 0 Å². The van der Waals surface area contributed by atoms with E-state index in [0.29, 0.717) is 11.8 Å². The first kappa shape index (κ1) is 9.00. The second-order valence-corrected chi connectivity index (χ2v) is 4.08. The lowest BCUT2D eigenvalue weighted by Crippen LogP contribution is -2.27. The molecular formula is C10H17NO2. The Hall–Kier alpha value is -0.570. The average Bonchev–Trinajstić information content (AvgIpc) is 2.86. The summed E-state index contributed by atoms with van der Waals surface area (Å²) < 4.78 is 5.26. The van der Waals surface area contributed by atoms with Gasteiger partial charge in [0.25, 0.3) is 0 Å². The summed E-state index contributed by atoms with van der Waals surface area (Å²) in [7, 11) is 0. The van der Waals surface area contributed by atoms with E-state index in [1.165, 1.54) is 6.42 Å². The van der Waals surface area contributed by atoms with Gasteiger partial charge >= 0.3 is 0 Å². The maximum atomic E-state index is 11.2. The number of carbonyl (C=O) groups is 1. The van der Waals surface area contributed by atoms with Gasteiger partial charge in [-0.1, -0.05) is 0 Å². The van der Waals surface area contributed by atoms with Gasteiger partial charge in [0.2, 0.25) is 5.91 Å². The molecule has 2 fully saturated rings. The third-order valence-corrected chi connectivity index (χ3v) is 2.82. The first-order chi connectivity index (χ1) is 6.36. The van der Waals surface area contributed by atoms with Crippen LogP contribution in [0, 0.1) is 11.8 Å². The van der Waals surface area contributed by atoms with Gasteiger partial charge in [-0.05, 0) is 31.6 Å². The summed E-state index contributed by atoms with van der Waals surface area (Å²) in [4.78, 5) is 11.2. The summed E-state index contributed by atoms with van der Waals surface area (Å²) in [5.74, 6) is 1.29. The second-order valence-electron chi connectivity index (χ2n) is 4.08. The van der Waals surface area contributed by atoms with Crippen molar-refractivity contribution in [1.82, 2.24) is 5.32 Å². The van der Waals surface area contributed by atoms with Gasteiger partial charge in [-0.2, -0.15) is 0 Å². The lowest BCUT2D eigenvalue weighted by atomic mass is 10.1. The molecule has 3 nitrogen and oxygen atoms in total. The molecule has 74 valence electrons. The van der Waals surface area contributed by atoms with Gasteiger partial charge in [-0.3, -0.25) is 4.79 Å². The van der Waals surface area contributed by atoms with Crippen molar-refractivity contribution < 1.29 is 9.53 Å². The highest BCUT2D eigenvalue weighted by atomic mass is 16.5. The molecule has 1 saturated heterocycles. The number of carbonyl (C=O) groups excluding carboxylic acids is 1. The molecule has 1 aliphatic carbocycles. The maximum absolute atomic E-state index is 11.2. The molecule has 2 aliphatic rings. The number of rotatable bonds is 4. The van der Waals surface area contributed by atoms with E-state index in [9.17, 15) is 4.79 Å². The second kappa shape index (κ2) is 4.09. The van der Waals surface area contributed by atoms with Crippen LogP contribution in [0.25, 0.3) is 0 Å². The van der Waals surface area contributed by atoms with Crippen molar-refractivity contribution in [2.45, 2.75) is 25.7 Å². The quantitative estimate of drug-likeness (QED) is 0.704. The SMILES string of the molecule is O=C(NCCC1CCOC1)C1CC1. The normalized spacial score (nSPS) is 27.5. The van der Waals surface area contributed by atoms with Crippen LogP contribution in [0.2, 0.25) is 0 Å². The molecule has 1 unspecified atom stereocenters. The minimum Gasteiger partial charge on any atom is -0.381 e. The van der Waals surface area contributed by atoms with E-state index in [2.05, 4.69) is 5.32 Å². The number of hydrogen-bond donors (Lipinski definition) is 1. The van der Waals surface area contributed by atoms with Crippen LogP contribution < -0.4 is 5.32 Å². The van der Waals surface area contributed by atoms with Crippen LogP contribution in [-0.2, 0) is 9.53 Å². The van der Waals surface area contributed by atoms with E-state index in [1.54, 1.807) is 0 Å². The molecule has 1 atom stereocenters. The molecule has 0 aromatic carbocycles. The van der Waals surface area contributed by atoms with Crippen LogP contribution in [0.5, 0.6) is 0 Å². The fourth-order valence-corrected chi connectivity index (χ4v) is 1.70. The molecule has 1 heterocycles. The summed E-state index contributed by atoms with van der Waals surface area (Å²) in [5, 5.41) is 2.98. The predicted molar refractivity (Wildman–Crippen MR) is 49.3 cm³/mol. The molecule has 0 aromatic rings. The number of amides is 1. The third-order valence-electron chi connectivity index (χ3n) is 2.82. The molecule has 1 N–H and O–H groups in total. The molecule has 2 rings (SSSR count). The molecule has 0 radical (unpaired) electrons. The number of hydrogen-bond acceptors (Lipinski definition) is 2. The molecular weight excluding hydrogens is 166 g/mol. The smallest absolute Gasteiger partial charge is 0.223 e. The molecule has 0 bridgehead atoms. The van der Waals surface area contributed by atoms with Crippen LogP contribution in [0.15, 0.2) is 0 Å². The minimum absolute atomic E-state index is 0.263. The van der Waals surface area contributed by atoms with Gasteiger partial charge in [0.1, 0.15) is 0 Å². The fraction of sp³-hybridized carbons (Fsp3) is 0.900. The fourth-order valence-electron chi connectivity index (χ4n) is 1.70. The van der Waals surface area contributed by atoms with Gasteiger partial charge in [0, 0.05) is 25.7 Å². The number of ether oxygens (including phenoxy) is 1. The van der Waals surface area contributed by atoms with Crippen LogP contribution in [0.1, 0.15) is 25.7 Å². The lowest BCUT2D eigenvalue weighted by molar-refractivity contribution is -0.122. The summed E-state index contributed by atoms with van der Waals surface area (Å²) in [6.07, 6.45) is 4.44. The van der Waals surface area contributed by atoms with Crippen LogP contribution >= 0.6 is 0 Å². The van der Waals surface area contributed by atoms with Gasteiger partial charge in [-0.15, -0.1) is 0 Å². The Bertz CT molecular complexity index is 183. The van der Waals surface area contributed by atoms with Gasteiger partial charge in [-0.25, -0.2) is 0 Å². The van der Waals surface area contributed by atoms with Crippen LogP contribution in [0.3, 0.4) is 0 Å². The Labute approximate surface area is 78.8 Å². The summed E-state index contributed by atoms with van der Waals surface area (Å²) in [6, 6.07) is 0. The molecule has 0 aromatic heterocycles. The lowest BCUT2D eigenvalue weighted by Gasteiger charge is -2.07. The Morgan fingerprint density at radius 3 is 2.85 bits per heavy atom. The highest BCUT2D eigenvalue weighted by Gasteiger charge is 2.29. The van der Waals surface area contributed by atoms with Gasteiger partial charge in [0.05, 0.1) is 0 Å². The average molecular weight is 183 g/mol. The van der Waals surface area contributed by atoms with Crippen molar-refractivity contribution >= 4 is 5.91 Å². The standard InChI is InChI=1S/C10H17NO2/c12-10(9-1-2-9)11-5-3-8-4-6-13-7-8/h8-9H,1-7H2,(H,11,12). The van der Waals surface area contributed by atoms with Crippen LogP contribution in [0.4, 0.5) is 0 Å². The first-order valence-corrected chi connectivity index (χ1v) is 5.21. The zero-order chi connectivity index (χ0) is 9.10. The Morgan fingerprint density at radius 1 is 1.38 bits per heavy atom. The third kappa shape index (κ3) is 2.69. The molecule has 1 aliphatic heterocycles. The van der Waals surface area contributed by atoms with Crippen molar-refractivity contribution in [3.8, 4) is 0 Å². The van der Waals surface area contributed by atoms with E-state index >= 15 is 0 Å². The topological polar surface area (TPSA) is 38.3 Å². The van der Waals surface area contributed by atoms with Crippen molar-refractivity contribution in [3.05, 3.63) is 0 Å². The predicted octanol–water partition coefficient (Wildman–Crippen LogP) is 0.939. The zero-order valence-electron chi connectivity index (χ0n) is 7.92. The largest absolute Gasteiger partial charge is 0.381 e. The summed E-state index contributed by atoms with van der Waals surface area (Å²) >= 11 is 0. The van der Waals surface area contributed by atoms with E-state index in [-0.39, 0.29) is 5.91 Å². The monoisotopic (exact) mass is 183 g/mol. The Balaban J connectivity index is 1.54. The van der Waals surface area contributed by atoms with E-state index in [4.69, 9.17) is 4.74 Å². The molecule has 1 saturated carbocycles. The summed E-state index contributed by atoms with van der Waals surface area (Å²) in [5.41, 5.74) is 0. The summed E-state index contributed by atoms with van der Waals surface area (Å²) in [6.45, 7) is 2.63.